The van der Waals surface area contributed by atoms with Gasteiger partial charge in [-0.15, -0.1) is 0 Å². The molecule has 0 saturated heterocycles. The summed E-state index contributed by atoms with van der Waals surface area (Å²) in [4.78, 5) is 33.9. The number of pyridine rings is 1. The first-order valence-electron chi connectivity index (χ1n) is 11.7. The van der Waals surface area contributed by atoms with Crippen molar-refractivity contribution in [1.82, 2.24) is 14.8 Å². The predicted octanol–water partition coefficient (Wildman–Crippen LogP) is 2.71. The number of rotatable bonds is 6. The van der Waals surface area contributed by atoms with Crippen LogP contribution in [-0.4, -0.2) is 70.6 Å². The third-order valence-corrected chi connectivity index (χ3v) is 6.41. The molecular weight excluding hydrogens is 406 g/mol. The topological polar surface area (TPSA) is 83.0 Å². The van der Waals surface area contributed by atoms with Gasteiger partial charge in [-0.1, -0.05) is 32.1 Å². The molecule has 0 unspecified atom stereocenters. The van der Waals surface area contributed by atoms with Crippen molar-refractivity contribution in [3.05, 3.63) is 23.4 Å². The Morgan fingerprint density at radius 2 is 2.19 bits per heavy atom. The molecule has 0 aromatic carbocycles. The fraction of sp³-hybridized carbons (Fsp3) is 0.640. The predicted molar refractivity (Wildman–Crippen MR) is 122 cm³/mol. The summed E-state index contributed by atoms with van der Waals surface area (Å²) in [6.07, 6.45) is 6.05. The van der Waals surface area contributed by atoms with Crippen molar-refractivity contribution in [3.8, 4) is 17.7 Å². The van der Waals surface area contributed by atoms with E-state index in [0.29, 0.717) is 24.2 Å². The van der Waals surface area contributed by atoms with Gasteiger partial charge in [0.1, 0.15) is 11.7 Å². The quantitative estimate of drug-likeness (QED) is 0.687. The number of hydrogen-bond donors (Lipinski definition) is 1. The Morgan fingerprint density at radius 3 is 2.81 bits per heavy atom. The second-order valence-corrected chi connectivity index (χ2v) is 9.10. The van der Waals surface area contributed by atoms with Crippen LogP contribution in [-0.2, 0) is 4.79 Å². The monoisotopic (exact) mass is 441 g/mol. The number of fused-ring (bicyclic) bond motifs is 1. The molecule has 1 fully saturated rings. The van der Waals surface area contributed by atoms with Gasteiger partial charge >= 0.3 is 0 Å². The number of carbonyl (C=O) groups is 2. The lowest BCUT2D eigenvalue weighted by molar-refractivity contribution is -0.138. The Kier molecular flexibility index (Phi) is 8.14. The van der Waals surface area contributed by atoms with E-state index in [4.69, 9.17) is 4.74 Å². The summed E-state index contributed by atoms with van der Waals surface area (Å²) in [5.74, 6) is 6.39. The summed E-state index contributed by atoms with van der Waals surface area (Å²) in [5, 5.41) is 9.76. The molecule has 1 aliphatic carbocycles. The van der Waals surface area contributed by atoms with Crippen molar-refractivity contribution in [2.45, 2.75) is 65.0 Å². The first-order valence-corrected chi connectivity index (χ1v) is 11.7. The molecule has 1 aliphatic heterocycles. The minimum absolute atomic E-state index is 0.0523. The van der Waals surface area contributed by atoms with Crippen molar-refractivity contribution in [2.24, 2.45) is 11.8 Å². The first kappa shape index (κ1) is 24.1. The molecule has 7 heteroatoms. The van der Waals surface area contributed by atoms with E-state index < -0.39 is 0 Å². The molecule has 0 spiro atoms. The standard InChI is InChI=1S/C25H35N3O4/c1-5-6-7-9-19-12-21-23(26-13-19)32-22(15-27(4)24(30)20-10-8-11-20)17(2)14-28(25(21)31)18(3)16-29/h12-13,17-18,20,22,29H,5-6,8,10-11,14-16H2,1-4H3/t17-,18-,22+/m0/s1. The second kappa shape index (κ2) is 10.8. The summed E-state index contributed by atoms with van der Waals surface area (Å²) >= 11 is 0. The Morgan fingerprint density at radius 1 is 1.44 bits per heavy atom. The van der Waals surface area contributed by atoms with Crippen molar-refractivity contribution < 1.29 is 19.4 Å². The molecule has 3 rings (SSSR count). The van der Waals surface area contributed by atoms with E-state index >= 15 is 0 Å². The van der Waals surface area contributed by atoms with Crippen molar-refractivity contribution in [2.75, 3.05) is 26.7 Å². The van der Waals surface area contributed by atoms with Crippen LogP contribution in [0.25, 0.3) is 0 Å². The first-order chi connectivity index (χ1) is 15.3. The van der Waals surface area contributed by atoms with Crippen molar-refractivity contribution >= 4 is 11.8 Å². The Bertz CT molecular complexity index is 887. The maximum Gasteiger partial charge on any atom is 0.259 e. The van der Waals surface area contributed by atoms with Crippen LogP contribution in [0.3, 0.4) is 0 Å². The summed E-state index contributed by atoms with van der Waals surface area (Å²) < 4.78 is 6.25. The maximum absolute atomic E-state index is 13.4. The van der Waals surface area contributed by atoms with Gasteiger partial charge in [0, 0.05) is 43.6 Å². The highest BCUT2D eigenvalue weighted by atomic mass is 16.5. The van der Waals surface area contributed by atoms with E-state index in [1.165, 1.54) is 0 Å². The zero-order valence-electron chi connectivity index (χ0n) is 19.6. The van der Waals surface area contributed by atoms with Gasteiger partial charge in [0.15, 0.2) is 0 Å². The number of nitrogens with zero attached hydrogens (tertiary/aromatic N) is 3. The fourth-order valence-electron chi connectivity index (χ4n) is 4.00. The Balaban J connectivity index is 1.91. The highest BCUT2D eigenvalue weighted by Crippen LogP contribution is 2.30. The highest BCUT2D eigenvalue weighted by Gasteiger charge is 2.36. The number of aliphatic hydroxyl groups is 1. The number of carbonyl (C=O) groups excluding carboxylic acids is 2. The van der Waals surface area contributed by atoms with Gasteiger partial charge in [0.2, 0.25) is 11.8 Å². The minimum Gasteiger partial charge on any atom is -0.472 e. The number of hydrogen-bond acceptors (Lipinski definition) is 5. The van der Waals surface area contributed by atoms with Crippen LogP contribution in [0.15, 0.2) is 12.3 Å². The van der Waals surface area contributed by atoms with Crippen LogP contribution in [0, 0.1) is 23.7 Å². The third-order valence-electron chi connectivity index (χ3n) is 6.41. The van der Waals surface area contributed by atoms with Gasteiger partial charge in [-0.25, -0.2) is 4.98 Å². The van der Waals surface area contributed by atoms with Crippen LogP contribution in [0.1, 0.15) is 68.8 Å². The van der Waals surface area contributed by atoms with E-state index in [0.717, 1.165) is 32.1 Å². The number of ether oxygens (including phenoxy) is 1. The minimum atomic E-state index is -0.347. The van der Waals surface area contributed by atoms with Gasteiger partial charge in [0.05, 0.1) is 19.2 Å². The van der Waals surface area contributed by atoms with Crippen LogP contribution in [0.4, 0.5) is 0 Å². The van der Waals surface area contributed by atoms with E-state index in [1.54, 1.807) is 22.1 Å². The SMILES string of the molecule is CCCC#Cc1cnc2c(c1)C(=O)N([C@@H](C)CO)C[C@H](C)[C@@H](CN(C)C(=O)C1CCC1)O2. The number of unbranched alkanes of at least 4 members (excludes halogenated alkanes) is 1. The van der Waals surface area contributed by atoms with Gasteiger partial charge in [-0.05, 0) is 32.3 Å². The van der Waals surface area contributed by atoms with E-state index in [2.05, 4.69) is 23.7 Å². The lowest BCUT2D eigenvalue weighted by Gasteiger charge is -2.38. The summed E-state index contributed by atoms with van der Waals surface area (Å²) in [5.41, 5.74) is 1.01. The van der Waals surface area contributed by atoms with Crippen LogP contribution < -0.4 is 4.74 Å². The Hall–Kier alpha value is -2.59. The lowest BCUT2D eigenvalue weighted by Crippen LogP contribution is -2.51. The third kappa shape index (κ3) is 5.42. The summed E-state index contributed by atoms with van der Waals surface area (Å²) in [6.45, 7) is 6.60. The van der Waals surface area contributed by atoms with E-state index in [1.807, 2.05) is 20.9 Å². The molecule has 3 atom stereocenters. The van der Waals surface area contributed by atoms with Gasteiger partial charge in [0.25, 0.3) is 5.91 Å². The lowest BCUT2D eigenvalue weighted by atomic mass is 9.84. The van der Waals surface area contributed by atoms with Crippen LogP contribution >= 0.6 is 0 Å². The number of amides is 2. The normalized spacial score (nSPS) is 21.8. The number of aliphatic hydroxyl groups excluding tert-OH is 1. The number of likely N-dealkylation sites (N-methyl/N-ethyl adjacent to an activating group) is 1. The van der Waals surface area contributed by atoms with Gasteiger partial charge in [-0.2, -0.15) is 0 Å². The molecule has 0 radical (unpaired) electrons. The molecule has 7 nitrogen and oxygen atoms in total. The largest absolute Gasteiger partial charge is 0.472 e. The summed E-state index contributed by atoms with van der Waals surface area (Å²) in [7, 11) is 1.82. The maximum atomic E-state index is 13.4. The second-order valence-electron chi connectivity index (χ2n) is 9.10. The molecule has 2 amide bonds. The molecular formula is C25H35N3O4. The average Bonchev–Trinajstić information content (AvgIpc) is 2.74. The van der Waals surface area contributed by atoms with Gasteiger partial charge < -0.3 is 19.6 Å². The van der Waals surface area contributed by atoms with Crippen molar-refractivity contribution in [1.29, 1.82) is 0 Å². The molecule has 32 heavy (non-hydrogen) atoms. The van der Waals surface area contributed by atoms with Crippen LogP contribution in [0.2, 0.25) is 0 Å². The zero-order chi connectivity index (χ0) is 23.3. The molecule has 2 aliphatic rings. The van der Waals surface area contributed by atoms with E-state index in [9.17, 15) is 14.7 Å². The Labute approximate surface area is 191 Å². The smallest absolute Gasteiger partial charge is 0.259 e. The molecule has 1 N–H and O–H groups in total. The van der Waals surface area contributed by atoms with E-state index in [-0.39, 0.29) is 48.3 Å². The van der Waals surface area contributed by atoms with Crippen molar-refractivity contribution in [3.63, 3.8) is 0 Å². The molecule has 174 valence electrons. The number of aromatic nitrogens is 1. The summed E-state index contributed by atoms with van der Waals surface area (Å²) in [6, 6.07) is 1.38. The average molecular weight is 442 g/mol. The molecule has 1 aromatic heterocycles. The van der Waals surface area contributed by atoms with Crippen LogP contribution in [0.5, 0.6) is 5.88 Å². The molecule has 0 bridgehead atoms. The van der Waals surface area contributed by atoms with Gasteiger partial charge in [-0.3, -0.25) is 9.59 Å². The molecule has 1 aromatic rings. The zero-order valence-corrected chi connectivity index (χ0v) is 19.6. The highest BCUT2D eigenvalue weighted by molar-refractivity contribution is 5.97. The molecule has 1 saturated carbocycles. The molecule has 2 heterocycles. The fourth-order valence-corrected chi connectivity index (χ4v) is 4.00.